The van der Waals surface area contributed by atoms with Crippen LogP contribution in [0.5, 0.6) is 5.75 Å². The first kappa shape index (κ1) is 16.3. The van der Waals surface area contributed by atoms with Gasteiger partial charge in [-0.05, 0) is 24.5 Å². The Morgan fingerprint density at radius 2 is 2.14 bits per heavy atom. The number of nitrogens with zero attached hydrogens (tertiary/aromatic N) is 1. The predicted octanol–water partition coefficient (Wildman–Crippen LogP) is 1.74. The van der Waals surface area contributed by atoms with Crippen LogP contribution in [-0.2, 0) is 9.59 Å². The Balaban J connectivity index is 2.19. The summed E-state index contributed by atoms with van der Waals surface area (Å²) < 4.78 is 5.36. The lowest BCUT2D eigenvalue weighted by Gasteiger charge is -2.20. The summed E-state index contributed by atoms with van der Waals surface area (Å²) in [5, 5.41) is 2.78. The molecule has 0 aliphatic carbocycles. The van der Waals surface area contributed by atoms with Crippen LogP contribution in [0.4, 0.5) is 11.4 Å². The second-order valence-corrected chi connectivity index (χ2v) is 5.79. The minimum absolute atomic E-state index is 0.0587. The molecule has 1 saturated heterocycles. The van der Waals surface area contributed by atoms with Gasteiger partial charge in [0.15, 0.2) is 0 Å². The standard InChI is InChI=1S/C16H23N3O3/c1-10(2)15(17)16(21)18-11-6-7-12(13(9-11)22-3)19-8-4-5-14(19)20/h6-7,9-10,15H,4-5,8,17H2,1-3H3,(H,18,21)/t15-/m0/s1. The van der Waals surface area contributed by atoms with Crippen LogP contribution in [-0.4, -0.2) is 31.5 Å². The van der Waals surface area contributed by atoms with Gasteiger partial charge in [0, 0.05) is 24.7 Å². The molecule has 0 aromatic heterocycles. The molecule has 1 aromatic carbocycles. The van der Waals surface area contributed by atoms with Crippen molar-refractivity contribution in [2.75, 3.05) is 23.9 Å². The van der Waals surface area contributed by atoms with Gasteiger partial charge in [0.05, 0.1) is 18.8 Å². The Hall–Kier alpha value is -2.08. The highest BCUT2D eigenvalue weighted by atomic mass is 16.5. The van der Waals surface area contributed by atoms with Crippen LogP contribution < -0.4 is 20.7 Å². The Labute approximate surface area is 130 Å². The number of anilines is 2. The zero-order chi connectivity index (χ0) is 16.3. The van der Waals surface area contributed by atoms with E-state index in [9.17, 15) is 9.59 Å². The molecule has 0 unspecified atom stereocenters. The molecule has 1 aromatic rings. The molecule has 1 aliphatic heterocycles. The van der Waals surface area contributed by atoms with Gasteiger partial charge in [0.2, 0.25) is 11.8 Å². The van der Waals surface area contributed by atoms with Crippen LogP contribution in [0.25, 0.3) is 0 Å². The van der Waals surface area contributed by atoms with Crippen LogP contribution in [0.3, 0.4) is 0 Å². The van der Waals surface area contributed by atoms with Gasteiger partial charge in [-0.3, -0.25) is 9.59 Å². The van der Waals surface area contributed by atoms with E-state index in [0.717, 1.165) is 12.1 Å². The van der Waals surface area contributed by atoms with E-state index in [1.807, 2.05) is 13.8 Å². The third kappa shape index (κ3) is 3.39. The second-order valence-electron chi connectivity index (χ2n) is 5.79. The molecule has 120 valence electrons. The van der Waals surface area contributed by atoms with E-state index in [4.69, 9.17) is 10.5 Å². The number of hydrogen-bond donors (Lipinski definition) is 2. The lowest BCUT2D eigenvalue weighted by molar-refractivity contribution is -0.118. The van der Waals surface area contributed by atoms with Gasteiger partial charge in [-0.2, -0.15) is 0 Å². The maximum Gasteiger partial charge on any atom is 0.241 e. The molecule has 1 aliphatic rings. The number of methoxy groups -OCH3 is 1. The van der Waals surface area contributed by atoms with E-state index in [1.54, 1.807) is 30.2 Å². The Bertz CT molecular complexity index is 572. The molecule has 3 N–H and O–H groups in total. The van der Waals surface area contributed by atoms with Gasteiger partial charge >= 0.3 is 0 Å². The topological polar surface area (TPSA) is 84.7 Å². The predicted molar refractivity (Wildman–Crippen MR) is 86.0 cm³/mol. The molecule has 6 heteroatoms. The SMILES string of the molecule is COc1cc(NC(=O)[C@@H](N)C(C)C)ccc1N1CCCC1=O. The van der Waals surface area contributed by atoms with E-state index in [2.05, 4.69) is 5.32 Å². The van der Waals surface area contributed by atoms with Crippen LogP contribution in [0.15, 0.2) is 18.2 Å². The second kappa shape index (κ2) is 6.79. The summed E-state index contributed by atoms with van der Waals surface area (Å²) in [5.74, 6) is 0.480. The summed E-state index contributed by atoms with van der Waals surface area (Å²) in [4.78, 5) is 25.6. The van der Waals surface area contributed by atoms with Crippen molar-refractivity contribution in [3.63, 3.8) is 0 Å². The van der Waals surface area contributed by atoms with Crippen LogP contribution >= 0.6 is 0 Å². The average molecular weight is 305 g/mol. The molecule has 0 bridgehead atoms. The third-order valence-corrected chi connectivity index (χ3v) is 3.83. The van der Waals surface area contributed by atoms with Crippen molar-refractivity contribution in [1.29, 1.82) is 0 Å². The highest BCUT2D eigenvalue weighted by Crippen LogP contribution is 2.33. The number of amides is 2. The van der Waals surface area contributed by atoms with Crippen LogP contribution in [0, 0.1) is 5.92 Å². The number of carbonyl (C=O) groups is 2. The molecular weight excluding hydrogens is 282 g/mol. The first-order valence-corrected chi connectivity index (χ1v) is 7.49. The van der Waals surface area contributed by atoms with Gasteiger partial charge in [-0.15, -0.1) is 0 Å². The van der Waals surface area contributed by atoms with Crippen molar-refractivity contribution >= 4 is 23.2 Å². The first-order chi connectivity index (χ1) is 10.4. The molecule has 1 atom stereocenters. The van der Waals surface area contributed by atoms with Crippen molar-refractivity contribution in [2.45, 2.75) is 32.7 Å². The number of hydrogen-bond acceptors (Lipinski definition) is 4. The fourth-order valence-electron chi connectivity index (χ4n) is 2.41. The molecule has 2 rings (SSSR count). The molecule has 1 fully saturated rings. The molecule has 2 amide bonds. The summed E-state index contributed by atoms with van der Waals surface area (Å²) in [7, 11) is 1.55. The average Bonchev–Trinajstić information content (AvgIpc) is 2.92. The summed E-state index contributed by atoms with van der Waals surface area (Å²) in [6.45, 7) is 4.49. The van der Waals surface area contributed by atoms with Crippen molar-refractivity contribution in [3.8, 4) is 5.75 Å². The molecule has 6 nitrogen and oxygen atoms in total. The van der Waals surface area contributed by atoms with E-state index in [0.29, 0.717) is 24.4 Å². The van der Waals surface area contributed by atoms with Crippen molar-refractivity contribution in [2.24, 2.45) is 11.7 Å². The van der Waals surface area contributed by atoms with E-state index in [1.165, 1.54) is 0 Å². The number of carbonyl (C=O) groups excluding carboxylic acids is 2. The van der Waals surface area contributed by atoms with E-state index < -0.39 is 6.04 Å². The molecule has 0 spiro atoms. The molecule has 22 heavy (non-hydrogen) atoms. The molecular formula is C16H23N3O3. The number of nitrogens with one attached hydrogen (secondary N) is 1. The van der Waals surface area contributed by atoms with Crippen molar-refractivity contribution < 1.29 is 14.3 Å². The highest BCUT2D eigenvalue weighted by Gasteiger charge is 2.25. The summed E-state index contributed by atoms with van der Waals surface area (Å²) in [6.07, 6.45) is 1.41. The zero-order valence-electron chi connectivity index (χ0n) is 13.3. The number of rotatable bonds is 5. The van der Waals surface area contributed by atoms with Gasteiger partial charge in [0.1, 0.15) is 5.75 Å². The molecule has 1 heterocycles. The van der Waals surface area contributed by atoms with Gasteiger partial charge in [-0.1, -0.05) is 13.8 Å². The molecule has 0 radical (unpaired) electrons. The van der Waals surface area contributed by atoms with E-state index >= 15 is 0 Å². The quantitative estimate of drug-likeness (QED) is 0.868. The Morgan fingerprint density at radius 1 is 1.41 bits per heavy atom. The Kier molecular flexibility index (Phi) is 5.03. The van der Waals surface area contributed by atoms with Crippen LogP contribution in [0.1, 0.15) is 26.7 Å². The zero-order valence-corrected chi connectivity index (χ0v) is 13.3. The van der Waals surface area contributed by atoms with Gasteiger partial charge in [-0.25, -0.2) is 0 Å². The minimum atomic E-state index is -0.564. The number of benzene rings is 1. The smallest absolute Gasteiger partial charge is 0.241 e. The lowest BCUT2D eigenvalue weighted by Crippen LogP contribution is -2.39. The first-order valence-electron chi connectivity index (χ1n) is 7.49. The summed E-state index contributed by atoms with van der Waals surface area (Å²) in [6, 6.07) is 4.70. The maximum absolute atomic E-state index is 12.0. The summed E-state index contributed by atoms with van der Waals surface area (Å²) in [5.41, 5.74) is 7.17. The lowest BCUT2D eigenvalue weighted by atomic mass is 10.0. The van der Waals surface area contributed by atoms with Crippen molar-refractivity contribution in [3.05, 3.63) is 18.2 Å². The fraction of sp³-hybridized carbons (Fsp3) is 0.500. The van der Waals surface area contributed by atoms with Crippen molar-refractivity contribution in [1.82, 2.24) is 0 Å². The normalized spacial score (nSPS) is 16.0. The fourth-order valence-corrected chi connectivity index (χ4v) is 2.41. The highest BCUT2D eigenvalue weighted by molar-refractivity contribution is 5.98. The van der Waals surface area contributed by atoms with Gasteiger partial charge < -0.3 is 20.7 Å². The van der Waals surface area contributed by atoms with E-state index in [-0.39, 0.29) is 17.7 Å². The number of ether oxygens (including phenoxy) is 1. The van der Waals surface area contributed by atoms with Crippen LogP contribution in [0.2, 0.25) is 0 Å². The molecule has 0 saturated carbocycles. The number of nitrogens with two attached hydrogens (primary N) is 1. The Morgan fingerprint density at radius 3 is 2.68 bits per heavy atom. The minimum Gasteiger partial charge on any atom is -0.494 e. The monoisotopic (exact) mass is 305 g/mol. The largest absolute Gasteiger partial charge is 0.494 e. The maximum atomic E-state index is 12.0. The summed E-state index contributed by atoms with van der Waals surface area (Å²) >= 11 is 0. The third-order valence-electron chi connectivity index (χ3n) is 3.83. The van der Waals surface area contributed by atoms with Gasteiger partial charge in [0.25, 0.3) is 0 Å².